The number of carbonyl (C=O) groups excluding carboxylic acids is 1. The number of amides is 1. The molecule has 0 spiro atoms. The van der Waals surface area contributed by atoms with Crippen LogP contribution in [0.3, 0.4) is 0 Å². The Morgan fingerprint density at radius 3 is 2.79 bits per heavy atom. The van der Waals surface area contributed by atoms with Crippen LogP contribution in [-0.2, 0) is 9.84 Å². The van der Waals surface area contributed by atoms with Crippen molar-refractivity contribution >= 4 is 21.4 Å². The van der Waals surface area contributed by atoms with Gasteiger partial charge in [0.2, 0.25) is 0 Å². The summed E-state index contributed by atoms with van der Waals surface area (Å²) in [5.41, 5.74) is 7.67. The van der Waals surface area contributed by atoms with Gasteiger partial charge in [0.25, 0.3) is 5.91 Å². The Balaban J connectivity index is 1.72. The molecule has 1 saturated heterocycles. The highest BCUT2D eigenvalue weighted by molar-refractivity contribution is 7.91. The van der Waals surface area contributed by atoms with E-state index in [2.05, 4.69) is 16.3 Å². The highest BCUT2D eigenvalue weighted by Crippen LogP contribution is 2.29. The summed E-state index contributed by atoms with van der Waals surface area (Å²) in [6, 6.07) is 3.03. The molecule has 1 unspecified atom stereocenters. The Kier molecular flexibility index (Phi) is 6.85. The number of carbonyl (C=O) groups is 1. The number of allylic oxidation sites excluding steroid dienone is 1. The quantitative estimate of drug-likeness (QED) is 0.494. The summed E-state index contributed by atoms with van der Waals surface area (Å²) < 4.78 is 29.9. The molecule has 0 bridgehead atoms. The molecule has 1 aliphatic carbocycles. The molecule has 0 aromatic heterocycles. The molecule has 1 heterocycles. The van der Waals surface area contributed by atoms with E-state index >= 15 is 0 Å². The summed E-state index contributed by atoms with van der Waals surface area (Å²) in [5.74, 6) is -0.159. The molecule has 1 aromatic rings. The largest absolute Gasteiger partial charge is 0.496 e. The van der Waals surface area contributed by atoms with Crippen LogP contribution in [0.2, 0.25) is 0 Å². The second-order valence-electron chi connectivity index (χ2n) is 7.72. The first kappa shape index (κ1) is 21.6. The molecule has 29 heavy (non-hydrogen) atoms. The topological polar surface area (TPSA) is 102 Å². The number of anilines is 1. The summed E-state index contributed by atoms with van der Waals surface area (Å²) >= 11 is 0. The van der Waals surface area contributed by atoms with Crippen molar-refractivity contribution in [2.24, 2.45) is 0 Å². The van der Waals surface area contributed by atoms with Gasteiger partial charge in [-0.1, -0.05) is 18.6 Å². The van der Waals surface area contributed by atoms with E-state index in [9.17, 15) is 13.2 Å². The number of ether oxygens (including phenoxy) is 1. The minimum atomic E-state index is -3.54. The number of nitrogens with one attached hydrogen (secondary N) is 1. The van der Waals surface area contributed by atoms with E-state index in [1.54, 1.807) is 6.92 Å². The summed E-state index contributed by atoms with van der Waals surface area (Å²) in [6.07, 6.45) is 8.09. The van der Waals surface area contributed by atoms with Crippen molar-refractivity contribution < 1.29 is 17.9 Å². The molecule has 0 saturated carbocycles. The molecule has 3 N–H and O–H groups in total. The van der Waals surface area contributed by atoms with Crippen LogP contribution < -0.4 is 15.8 Å². The normalized spacial score (nSPS) is 19.9. The first-order valence-corrected chi connectivity index (χ1v) is 11.9. The lowest BCUT2D eigenvalue weighted by molar-refractivity contribution is 0.0938. The maximum Gasteiger partial charge on any atom is 0.255 e. The molecule has 1 amide bonds. The van der Waals surface area contributed by atoms with E-state index in [1.165, 1.54) is 44.1 Å². The van der Waals surface area contributed by atoms with Crippen molar-refractivity contribution in [3.8, 4) is 5.75 Å². The Morgan fingerprint density at radius 1 is 1.34 bits per heavy atom. The van der Waals surface area contributed by atoms with Gasteiger partial charge >= 0.3 is 0 Å². The maximum atomic E-state index is 12.9. The molecule has 1 atom stereocenters. The zero-order valence-corrected chi connectivity index (χ0v) is 18.1. The van der Waals surface area contributed by atoms with Gasteiger partial charge in [0.15, 0.2) is 9.84 Å². The smallest absolute Gasteiger partial charge is 0.255 e. The van der Waals surface area contributed by atoms with Crippen LogP contribution >= 0.6 is 0 Å². The molecule has 7 nitrogen and oxygen atoms in total. The Morgan fingerprint density at radius 2 is 2.14 bits per heavy atom. The SMILES string of the molecule is CCS(=O)(=O)c1cc(C(=O)NCC2CCCN2CC2=CCCC2)c(OC)cc1N. The summed E-state index contributed by atoms with van der Waals surface area (Å²) in [7, 11) is -2.10. The molecule has 1 aromatic carbocycles. The van der Waals surface area contributed by atoms with Crippen molar-refractivity contribution in [2.45, 2.75) is 50.0 Å². The number of nitrogens with zero attached hydrogens (tertiary/aromatic N) is 1. The van der Waals surface area contributed by atoms with Gasteiger partial charge in [-0.05, 0) is 44.7 Å². The molecule has 1 fully saturated rings. The average molecular weight is 422 g/mol. The lowest BCUT2D eigenvalue weighted by Crippen LogP contribution is -2.41. The van der Waals surface area contributed by atoms with Crippen molar-refractivity contribution in [3.05, 3.63) is 29.3 Å². The van der Waals surface area contributed by atoms with E-state index in [4.69, 9.17) is 10.5 Å². The molecule has 3 rings (SSSR count). The van der Waals surface area contributed by atoms with Crippen LogP contribution in [0.25, 0.3) is 0 Å². The highest BCUT2D eigenvalue weighted by atomic mass is 32.2. The predicted molar refractivity (Wildman–Crippen MR) is 114 cm³/mol. The minimum absolute atomic E-state index is 0.0263. The molecule has 0 radical (unpaired) electrons. The average Bonchev–Trinajstić information content (AvgIpc) is 3.38. The summed E-state index contributed by atoms with van der Waals surface area (Å²) in [5, 5.41) is 2.97. The van der Waals surface area contributed by atoms with E-state index in [0.717, 1.165) is 25.9 Å². The highest BCUT2D eigenvalue weighted by Gasteiger charge is 2.27. The number of methoxy groups -OCH3 is 1. The van der Waals surface area contributed by atoms with Crippen LogP contribution in [0.1, 0.15) is 49.4 Å². The van der Waals surface area contributed by atoms with E-state index in [-0.39, 0.29) is 33.6 Å². The van der Waals surface area contributed by atoms with Crippen molar-refractivity contribution in [1.29, 1.82) is 0 Å². The number of sulfone groups is 1. The minimum Gasteiger partial charge on any atom is -0.496 e. The Hall–Kier alpha value is -2.06. The number of hydrogen-bond acceptors (Lipinski definition) is 6. The first-order valence-electron chi connectivity index (χ1n) is 10.3. The number of likely N-dealkylation sites (tertiary alicyclic amines) is 1. The fourth-order valence-electron chi connectivity index (χ4n) is 4.13. The zero-order valence-electron chi connectivity index (χ0n) is 17.2. The molecule has 8 heteroatoms. The number of rotatable bonds is 8. The van der Waals surface area contributed by atoms with Crippen LogP contribution in [-0.4, -0.2) is 57.8 Å². The third kappa shape index (κ3) is 4.93. The molecule has 1 aliphatic heterocycles. The Labute approximate surface area is 173 Å². The number of benzene rings is 1. The maximum absolute atomic E-state index is 12.9. The van der Waals surface area contributed by atoms with Crippen molar-refractivity contribution in [1.82, 2.24) is 10.2 Å². The standard InChI is InChI=1S/C21H31N3O4S/c1-3-29(26,27)20-11-17(19(28-2)12-18(20)22)21(25)23-13-16-9-6-10-24(16)14-15-7-4-5-8-15/h7,11-12,16H,3-6,8-10,13-14,22H2,1-2H3,(H,23,25). The third-order valence-corrected chi connectivity index (χ3v) is 7.61. The fourth-order valence-corrected chi connectivity index (χ4v) is 5.16. The second kappa shape index (κ2) is 9.17. The fraction of sp³-hybridized carbons (Fsp3) is 0.571. The lowest BCUT2D eigenvalue weighted by Gasteiger charge is -2.25. The van der Waals surface area contributed by atoms with Crippen molar-refractivity contribution in [2.75, 3.05) is 38.2 Å². The molecular weight excluding hydrogens is 390 g/mol. The van der Waals surface area contributed by atoms with Gasteiger partial charge < -0.3 is 15.8 Å². The van der Waals surface area contributed by atoms with E-state index in [0.29, 0.717) is 12.6 Å². The van der Waals surface area contributed by atoms with Gasteiger partial charge in [-0.3, -0.25) is 9.69 Å². The van der Waals surface area contributed by atoms with Gasteiger partial charge in [0, 0.05) is 25.2 Å². The Bertz CT molecular complexity index is 895. The lowest BCUT2D eigenvalue weighted by atomic mass is 10.1. The zero-order chi connectivity index (χ0) is 21.0. The van der Waals surface area contributed by atoms with E-state index < -0.39 is 9.84 Å². The van der Waals surface area contributed by atoms with Crippen molar-refractivity contribution in [3.63, 3.8) is 0 Å². The van der Waals surface area contributed by atoms with Crippen LogP contribution in [0, 0.1) is 0 Å². The van der Waals surface area contributed by atoms with E-state index in [1.807, 2.05) is 0 Å². The van der Waals surface area contributed by atoms with Gasteiger partial charge in [0.1, 0.15) is 5.75 Å². The summed E-state index contributed by atoms with van der Waals surface area (Å²) in [4.78, 5) is 15.3. The van der Waals surface area contributed by atoms with Crippen LogP contribution in [0.5, 0.6) is 5.75 Å². The monoisotopic (exact) mass is 421 g/mol. The van der Waals surface area contributed by atoms with Gasteiger partial charge in [-0.15, -0.1) is 0 Å². The predicted octanol–water partition coefficient (Wildman–Crippen LogP) is 2.38. The second-order valence-corrected chi connectivity index (χ2v) is 9.97. The molecule has 160 valence electrons. The van der Waals surface area contributed by atoms with Gasteiger partial charge in [-0.25, -0.2) is 8.42 Å². The number of nitrogen functional groups attached to an aromatic ring is 1. The van der Waals surface area contributed by atoms with Gasteiger partial charge in [-0.2, -0.15) is 0 Å². The van der Waals surface area contributed by atoms with Crippen LogP contribution in [0.4, 0.5) is 5.69 Å². The van der Waals surface area contributed by atoms with Crippen LogP contribution in [0.15, 0.2) is 28.7 Å². The summed E-state index contributed by atoms with van der Waals surface area (Å²) in [6.45, 7) is 4.09. The molecular formula is C21H31N3O4S. The number of nitrogens with two attached hydrogens (primary N) is 1. The first-order chi connectivity index (χ1) is 13.9. The van der Waals surface area contributed by atoms with Gasteiger partial charge in [0.05, 0.1) is 29.0 Å². The number of hydrogen-bond donors (Lipinski definition) is 2. The molecule has 2 aliphatic rings. The third-order valence-electron chi connectivity index (χ3n) is 5.83.